The Labute approximate surface area is 77.3 Å². The highest BCUT2D eigenvalue weighted by atomic mass is 32.2. The lowest BCUT2D eigenvalue weighted by Crippen LogP contribution is -1.93. The summed E-state index contributed by atoms with van der Waals surface area (Å²) in [5.74, 6) is 0.893. The summed E-state index contributed by atoms with van der Waals surface area (Å²) in [4.78, 5) is 1.21. The predicted octanol–water partition coefficient (Wildman–Crippen LogP) is 2.46. The van der Waals surface area contributed by atoms with E-state index in [-0.39, 0.29) is 0 Å². The lowest BCUT2D eigenvalue weighted by atomic mass is 10.3. The van der Waals surface area contributed by atoms with Gasteiger partial charge in [-0.2, -0.15) is 0 Å². The van der Waals surface area contributed by atoms with Crippen molar-refractivity contribution < 1.29 is 4.74 Å². The van der Waals surface area contributed by atoms with Crippen molar-refractivity contribution in [3.05, 3.63) is 18.2 Å². The van der Waals surface area contributed by atoms with Gasteiger partial charge in [0.25, 0.3) is 0 Å². The number of thioether (sulfide) groups is 1. The van der Waals surface area contributed by atoms with Crippen LogP contribution in [0.1, 0.15) is 0 Å². The van der Waals surface area contributed by atoms with E-state index in [1.54, 1.807) is 18.9 Å². The van der Waals surface area contributed by atoms with E-state index in [2.05, 4.69) is 11.4 Å². The Balaban J connectivity index is 3.02. The molecule has 0 spiro atoms. The molecule has 12 heavy (non-hydrogen) atoms. The van der Waals surface area contributed by atoms with E-state index in [4.69, 9.17) is 4.74 Å². The van der Waals surface area contributed by atoms with E-state index in [9.17, 15) is 0 Å². The van der Waals surface area contributed by atoms with Gasteiger partial charge in [0.15, 0.2) is 0 Å². The highest BCUT2D eigenvalue weighted by molar-refractivity contribution is 7.98. The second kappa shape index (κ2) is 4.26. The molecule has 3 heteroatoms. The standard InChI is InChI=1S/C9H13NOS/c1-10-8-5-4-7(12-3)6-9(8)11-2/h4-6,10H,1-3H3. The maximum atomic E-state index is 5.20. The van der Waals surface area contributed by atoms with Gasteiger partial charge in [-0.05, 0) is 24.5 Å². The molecule has 1 rings (SSSR count). The molecule has 1 aromatic rings. The average Bonchev–Trinajstić information content (AvgIpc) is 2.16. The van der Waals surface area contributed by atoms with E-state index < -0.39 is 0 Å². The molecule has 0 atom stereocenters. The number of anilines is 1. The van der Waals surface area contributed by atoms with Crippen LogP contribution in [-0.2, 0) is 0 Å². The fourth-order valence-electron chi connectivity index (χ4n) is 1.01. The largest absolute Gasteiger partial charge is 0.495 e. The molecule has 0 fully saturated rings. The topological polar surface area (TPSA) is 21.3 Å². The van der Waals surface area contributed by atoms with Gasteiger partial charge in [0, 0.05) is 11.9 Å². The third-order valence-electron chi connectivity index (χ3n) is 1.68. The monoisotopic (exact) mass is 183 g/mol. The fourth-order valence-corrected chi connectivity index (χ4v) is 1.43. The van der Waals surface area contributed by atoms with Gasteiger partial charge in [-0.3, -0.25) is 0 Å². The molecule has 0 saturated heterocycles. The summed E-state index contributed by atoms with van der Waals surface area (Å²) in [5, 5.41) is 3.06. The molecule has 0 aliphatic rings. The van der Waals surface area contributed by atoms with Crippen LogP contribution < -0.4 is 10.1 Å². The Morgan fingerprint density at radius 3 is 2.67 bits per heavy atom. The number of methoxy groups -OCH3 is 1. The lowest BCUT2D eigenvalue weighted by molar-refractivity contribution is 0.415. The van der Waals surface area contributed by atoms with Crippen LogP contribution in [-0.4, -0.2) is 20.4 Å². The van der Waals surface area contributed by atoms with Gasteiger partial charge >= 0.3 is 0 Å². The summed E-state index contributed by atoms with van der Waals surface area (Å²) in [5.41, 5.74) is 1.02. The number of benzene rings is 1. The zero-order valence-electron chi connectivity index (χ0n) is 7.55. The quantitative estimate of drug-likeness (QED) is 0.727. The van der Waals surface area contributed by atoms with Crippen molar-refractivity contribution in [1.82, 2.24) is 0 Å². The third kappa shape index (κ3) is 1.85. The first-order chi connectivity index (χ1) is 5.81. The van der Waals surface area contributed by atoms with E-state index >= 15 is 0 Å². The van der Waals surface area contributed by atoms with Crippen molar-refractivity contribution in [2.45, 2.75) is 4.90 Å². The first-order valence-electron chi connectivity index (χ1n) is 3.71. The van der Waals surface area contributed by atoms with E-state index in [1.165, 1.54) is 4.90 Å². The molecule has 1 N–H and O–H groups in total. The number of hydrogen-bond donors (Lipinski definition) is 1. The summed E-state index contributed by atoms with van der Waals surface area (Å²) in [7, 11) is 3.57. The minimum atomic E-state index is 0.893. The molecule has 66 valence electrons. The maximum Gasteiger partial charge on any atom is 0.143 e. The van der Waals surface area contributed by atoms with Crippen LogP contribution in [0.2, 0.25) is 0 Å². The first kappa shape index (κ1) is 9.26. The molecule has 0 aliphatic carbocycles. The third-order valence-corrected chi connectivity index (χ3v) is 2.40. The van der Waals surface area contributed by atoms with Crippen LogP contribution in [0.15, 0.2) is 23.1 Å². The van der Waals surface area contributed by atoms with Crippen molar-refractivity contribution in [3.63, 3.8) is 0 Å². The summed E-state index contributed by atoms with van der Waals surface area (Å²) in [6.07, 6.45) is 2.05. The second-order valence-electron chi connectivity index (χ2n) is 2.32. The van der Waals surface area contributed by atoms with E-state index in [0.717, 1.165) is 11.4 Å². The van der Waals surface area contributed by atoms with Crippen LogP contribution in [0.4, 0.5) is 5.69 Å². The number of nitrogens with one attached hydrogen (secondary N) is 1. The molecule has 0 unspecified atom stereocenters. The molecule has 0 radical (unpaired) electrons. The van der Waals surface area contributed by atoms with E-state index in [0.29, 0.717) is 0 Å². The molecule has 0 heterocycles. The molecule has 0 bridgehead atoms. The van der Waals surface area contributed by atoms with Gasteiger partial charge in [-0.15, -0.1) is 11.8 Å². The first-order valence-corrected chi connectivity index (χ1v) is 4.94. The molecule has 0 aliphatic heterocycles. The molecule has 0 saturated carbocycles. The van der Waals surface area contributed by atoms with E-state index in [1.807, 2.05) is 25.4 Å². The van der Waals surface area contributed by atoms with Gasteiger partial charge < -0.3 is 10.1 Å². The molecular formula is C9H13NOS. The number of hydrogen-bond acceptors (Lipinski definition) is 3. The molecule has 1 aromatic carbocycles. The molecule has 2 nitrogen and oxygen atoms in total. The maximum absolute atomic E-state index is 5.20. The van der Waals surface area contributed by atoms with Crippen molar-refractivity contribution in [3.8, 4) is 5.75 Å². The highest BCUT2D eigenvalue weighted by Crippen LogP contribution is 2.28. The van der Waals surface area contributed by atoms with Crippen molar-refractivity contribution in [2.75, 3.05) is 25.7 Å². The van der Waals surface area contributed by atoms with Crippen molar-refractivity contribution in [1.29, 1.82) is 0 Å². The normalized spacial score (nSPS) is 9.58. The summed E-state index contributed by atoms with van der Waals surface area (Å²) in [6, 6.07) is 6.11. The van der Waals surface area contributed by atoms with Crippen LogP contribution in [0.5, 0.6) is 5.75 Å². The predicted molar refractivity (Wildman–Crippen MR) is 54.3 cm³/mol. The zero-order chi connectivity index (χ0) is 8.97. The molecule has 0 aromatic heterocycles. The Bertz CT molecular complexity index is 263. The Morgan fingerprint density at radius 1 is 1.42 bits per heavy atom. The van der Waals surface area contributed by atoms with Crippen LogP contribution in [0, 0.1) is 0 Å². The smallest absolute Gasteiger partial charge is 0.143 e. The SMILES string of the molecule is CNc1ccc(SC)cc1OC. The van der Waals surface area contributed by atoms with Crippen LogP contribution in [0.3, 0.4) is 0 Å². The minimum Gasteiger partial charge on any atom is -0.495 e. The summed E-state index contributed by atoms with van der Waals surface area (Å²) in [6.45, 7) is 0. The van der Waals surface area contributed by atoms with Gasteiger partial charge in [0.05, 0.1) is 12.8 Å². The lowest BCUT2D eigenvalue weighted by Gasteiger charge is -2.08. The molecule has 0 amide bonds. The van der Waals surface area contributed by atoms with Gasteiger partial charge in [0.1, 0.15) is 5.75 Å². The Kier molecular flexibility index (Phi) is 3.29. The highest BCUT2D eigenvalue weighted by Gasteiger charge is 2.00. The van der Waals surface area contributed by atoms with Crippen LogP contribution >= 0.6 is 11.8 Å². The molecular weight excluding hydrogens is 170 g/mol. The minimum absolute atomic E-state index is 0.893. The van der Waals surface area contributed by atoms with Crippen molar-refractivity contribution in [2.24, 2.45) is 0 Å². The van der Waals surface area contributed by atoms with Gasteiger partial charge in [-0.25, -0.2) is 0 Å². The Hall–Kier alpha value is -0.830. The Morgan fingerprint density at radius 2 is 2.17 bits per heavy atom. The number of rotatable bonds is 3. The van der Waals surface area contributed by atoms with Gasteiger partial charge in [0.2, 0.25) is 0 Å². The average molecular weight is 183 g/mol. The van der Waals surface area contributed by atoms with Crippen molar-refractivity contribution >= 4 is 17.4 Å². The summed E-state index contributed by atoms with van der Waals surface area (Å²) >= 11 is 1.71. The zero-order valence-corrected chi connectivity index (χ0v) is 8.37. The summed E-state index contributed by atoms with van der Waals surface area (Å²) < 4.78 is 5.20. The second-order valence-corrected chi connectivity index (χ2v) is 3.20. The van der Waals surface area contributed by atoms with Crippen LogP contribution in [0.25, 0.3) is 0 Å². The van der Waals surface area contributed by atoms with Gasteiger partial charge in [-0.1, -0.05) is 0 Å². The fraction of sp³-hybridized carbons (Fsp3) is 0.333. The number of ether oxygens (including phenoxy) is 1.